The average Bonchev–Trinajstić information content (AvgIpc) is 2.69. The molecule has 1 aromatic rings. The zero-order valence-electron chi connectivity index (χ0n) is 16.0. The lowest BCUT2D eigenvalue weighted by Crippen LogP contribution is -2.44. The van der Waals surface area contributed by atoms with Crippen LogP contribution in [0.25, 0.3) is 0 Å². The topological polar surface area (TPSA) is 50.2 Å². The summed E-state index contributed by atoms with van der Waals surface area (Å²) >= 11 is 0. The first-order valence-electron chi connectivity index (χ1n) is 9.20. The molecule has 0 fully saturated rings. The van der Waals surface area contributed by atoms with E-state index in [4.69, 9.17) is 0 Å². The Morgan fingerprint density at radius 2 is 1.88 bits per heavy atom. The second-order valence-electron chi connectivity index (χ2n) is 7.57. The Balaban J connectivity index is 2.13. The molecule has 1 aromatic heterocycles. The third-order valence-electron chi connectivity index (χ3n) is 5.01. The molecule has 26 heavy (non-hydrogen) atoms. The fraction of sp³-hybridized carbons (Fsp3) is 0.778. The smallest absolute Gasteiger partial charge is 0.353 e. The molecule has 1 heterocycles. The van der Waals surface area contributed by atoms with E-state index in [1.807, 2.05) is 19.0 Å². The SMILES string of the molecule is CC(C)C(CNC(=O)Cn1nc(C(F)(F)F)c2c1CCCCC2)N(C)C. The van der Waals surface area contributed by atoms with Crippen LogP contribution in [0.3, 0.4) is 0 Å². The Morgan fingerprint density at radius 1 is 1.23 bits per heavy atom. The van der Waals surface area contributed by atoms with Crippen LogP contribution in [0.15, 0.2) is 0 Å². The van der Waals surface area contributed by atoms with Gasteiger partial charge in [-0.15, -0.1) is 0 Å². The Hall–Kier alpha value is -1.57. The van der Waals surface area contributed by atoms with E-state index < -0.39 is 11.9 Å². The normalized spacial score (nSPS) is 16.5. The molecule has 1 unspecified atom stereocenters. The van der Waals surface area contributed by atoms with Crippen LogP contribution >= 0.6 is 0 Å². The number of halogens is 3. The predicted molar refractivity (Wildman–Crippen MR) is 93.8 cm³/mol. The van der Waals surface area contributed by atoms with Gasteiger partial charge in [0.25, 0.3) is 0 Å². The van der Waals surface area contributed by atoms with Crippen LogP contribution in [0.2, 0.25) is 0 Å². The molecule has 0 spiro atoms. The number of likely N-dealkylation sites (N-methyl/N-ethyl adjacent to an activating group) is 1. The van der Waals surface area contributed by atoms with E-state index in [0.717, 1.165) is 19.3 Å². The largest absolute Gasteiger partial charge is 0.435 e. The number of hydrogen-bond donors (Lipinski definition) is 1. The van der Waals surface area contributed by atoms with Gasteiger partial charge in [-0.2, -0.15) is 18.3 Å². The molecule has 1 aliphatic rings. The minimum atomic E-state index is -4.48. The van der Waals surface area contributed by atoms with Gasteiger partial charge in [-0.1, -0.05) is 20.3 Å². The third kappa shape index (κ3) is 4.99. The summed E-state index contributed by atoms with van der Waals surface area (Å²) in [5, 5.41) is 6.60. The van der Waals surface area contributed by atoms with Crippen LogP contribution in [-0.2, 0) is 30.4 Å². The first-order chi connectivity index (χ1) is 12.1. The second kappa shape index (κ2) is 8.41. The van der Waals surface area contributed by atoms with Crippen molar-refractivity contribution >= 4 is 5.91 Å². The number of nitrogens with zero attached hydrogens (tertiary/aromatic N) is 3. The van der Waals surface area contributed by atoms with Gasteiger partial charge < -0.3 is 10.2 Å². The number of carbonyl (C=O) groups is 1. The first kappa shape index (κ1) is 20.7. The highest BCUT2D eigenvalue weighted by atomic mass is 19.4. The van der Waals surface area contributed by atoms with E-state index in [0.29, 0.717) is 31.0 Å². The standard InChI is InChI=1S/C18H29F3N4O/c1-12(2)15(24(3)4)10-22-16(26)11-25-14-9-7-5-6-8-13(14)17(23-25)18(19,20)21/h12,15H,5-11H2,1-4H3,(H,22,26). The average molecular weight is 374 g/mol. The molecule has 1 N–H and O–H groups in total. The lowest BCUT2D eigenvalue weighted by Gasteiger charge is -2.28. The van der Waals surface area contributed by atoms with Crippen molar-refractivity contribution in [1.82, 2.24) is 20.0 Å². The highest BCUT2D eigenvalue weighted by Crippen LogP contribution is 2.35. The molecule has 1 amide bonds. The minimum Gasteiger partial charge on any atom is -0.353 e. The number of fused-ring (bicyclic) bond motifs is 1. The maximum absolute atomic E-state index is 13.3. The molecule has 148 valence electrons. The highest BCUT2D eigenvalue weighted by molar-refractivity contribution is 5.75. The quantitative estimate of drug-likeness (QED) is 0.779. The maximum Gasteiger partial charge on any atom is 0.435 e. The Labute approximate surface area is 152 Å². The van der Waals surface area contributed by atoms with Crippen molar-refractivity contribution < 1.29 is 18.0 Å². The van der Waals surface area contributed by atoms with Crippen molar-refractivity contribution in [3.63, 3.8) is 0 Å². The van der Waals surface area contributed by atoms with Gasteiger partial charge in [0.1, 0.15) is 6.54 Å². The minimum absolute atomic E-state index is 0.166. The zero-order chi connectivity index (χ0) is 19.5. The van der Waals surface area contributed by atoms with Gasteiger partial charge in [0.2, 0.25) is 5.91 Å². The number of alkyl halides is 3. The number of nitrogens with one attached hydrogen (secondary N) is 1. The van der Waals surface area contributed by atoms with Crippen molar-refractivity contribution in [2.75, 3.05) is 20.6 Å². The van der Waals surface area contributed by atoms with Crippen LogP contribution in [-0.4, -0.2) is 47.3 Å². The predicted octanol–water partition coefficient (Wildman–Crippen LogP) is 2.87. The number of carbonyl (C=O) groups excluding carboxylic acids is 1. The van der Waals surface area contributed by atoms with E-state index in [1.165, 1.54) is 4.68 Å². The molecule has 0 aromatic carbocycles. The monoisotopic (exact) mass is 374 g/mol. The van der Waals surface area contributed by atoms with Crippen LogP contribution in [0.4, 0.5) is 13.2 Å². The van der Waals surface area contributed by atoms with Crippen LogP contribution in [0.1, 0.15) is 50.1 Å². The molecular weight excluding hydrogens is 345 g/mol. The molecule has 0 aliphatic heterocycles. The molecule has 0 radical (unpaired) electrons. The van der Waals surface area contributed by atoms with E-state index in [-0.39, 0.29) is 24.1 Å². The van der Waals surface area contributed by atoms with Crippen molar-refractivity contribution in [1.29, 1.82) is 0 Å². The molecule has 0 saturated carbocycles. The highest BCUT2D eigenvalue weighted by Gasteiger charge is 2.39. The molecule has 1 aliphatic carbocycles. The lowest BCUT2D eigenvalue weighted by atomic mass is 10.0. The van der Waals surface area contributed by atoms with E-state index in [1.54, 1.807) is 0 Å². The Bertz CT molecular complexity index is 615. The molecule has 0 saturated heterocycles. The summed E-state index contributed by atoms with van der Waals surface area (Å²) in [5.74, 6) is 0.0453. The van der Waals surface area contributed by atoms with Crippen LogP contribution < -0.4 is 5.32 Å². The van der Waals surface area contributed by atoms with Crippen molar-refractivity contribution in [3.05, 3.63) is 17.0 Å². The van der Waals surface area contributed by atoms with Gasteiger partial charge in [-0.05, 0) is 45.7 Å². The molecule has 8 heteroatoms. The van der Waals surface area contributed by atoms with Gasteiger partial charge >= 0.3 is 6.18 Å². The fourth-order valence-corrected chi connectivity index (χ4v) is 3.63. The summed E-state index contributed by atoms with van der Waals surface area (Å²) in [6.45, 7) is 4.43. The number of aromatic nitrogens is 2. The van der Waals surface area contributed by atoms with Crippen molar-refractivity contribution in [2.45, 2.75) is 64.7 Å². The number of hydrogen-bond acceptors (Lipinski definition) is 3. The van der Waals surface area contributed by atoms with Crippen molar-refractivity contribution in [3.8, 4) is 0 Å². The van der Waals surface area contributed by atoms with E-state index >= 15 is 0 Å². The summed E-state index contributed by atoms with van der Waals surface area (Å²) in [6, 6.07) is 0.166. The fourth-order valence-electron chi connectivity index (χ4n) is 3.63. The maximum atomic E-state index is 13.3. The second-order valence-corrected chi connectivity index (χ2v) is 7.57. The molecular formula is C18H29F3N4O. The van der Waals surface area contributed by atoms with Gasteiger partial charge in [-0.25, -0.2) is 0 Å². The lowest BCUT2D eigenvalue weighted by molar-refractivity contribution is -0.142. The zero-order valence-corrected chi connectivity index (χ0v) is 16.0. The summed E-state index contributed by atoms with van der Waals surface area (Å²) in [4.78, 5) is 14.4. The summed E-state index contributed by atoms with van der Waals surface area (Å²) < 4.78 is 41.2. The summed E-state index contributed by atoms with van der Waals surface area (Å²) in [5.41, 5.74) is 0.0182. The van der Waals surface area contributed by atoms with Gasteiger partial charge in [0.15, 0.2) is 5.69 Å². The summed E-state index contributed by atoms with van der Waals surface area (Å²) in [6.07, 6.45) is -1.11. The van der Waals surface area contributed by atoms with Gasteiger partial charge in [-0.3, -0.25) is 9.48 Å². The van der Waals surface area contributed by atoms with Gasteiger partial charge in [0.05, 0.1) is 0 Å². The van der Waals surface area contributed by atoms with Crippen molar-refractivity contribution in [2.24, 2.45) is 5.92 Å². The molecule has 1 atom stereocenters. The van der Waals surface area contributed by atoms with E-state index in [2.05, 4.69) is 24.3 Å². The number of rotatable bonds is 6. The van der Waals surface area contributed by atoms with E-state index in [9.17, 15) is 18.0 Å². The Kier molecular flexibility index (Phi) is 6.71. The molecule has 2 rings (SSSR count). The molecule has 0 bridgehead atoms. The van der Waals surface area contributed by atoms with Gasteiger partial charge in [0, 0.05) is 23.8 Å². The third-order valence-corrected chi connectivity index (χ3v) is 5.01. The van der Waals surface area contributed by atoms with Crippen LogP contribution in [0, 0.1) is 5.92 Å². The Morgan fingerprint density at radius 3 is 2.46 bits per heavy atom. The first-order valence-corrected chi connectivity index (χ1v) is 9.20. The summed E-state index contributed by atoms with van der Waals surface area (Å²) in [7, 11) is 3.89. The number of amides is 1. The van der Waals surface area contributed by atoms with Crippen LogP contribution in [0.5, 0.6) is 0 Å². The molecule has 5 nitrogen and oxygen atoms in total.